The van der Waals surface area contributed by atoms with E-state index in [1.165, 1.54) is 12.5 Å². The van der Waals surface area contributed by atoms with E-state index >= 15 is 0 Å². The molecule has 0 bridgehead atoms. The number of sulfone groups is 1. The maximum Gasteiger partial charge on any atom is 0.254 e. The molecule has 4 aliphatic rings. The van der Waals surface area contributed by atoms with Gasteiger partial charge in [-0.2, -0.15) is 0 Å². The predicted molar refractivity (Wildman–Crippen MR) is 128 cm³/mol. The lowest BCUT2D eigenvalue weighted by Crippen LogP contribution is -2.59. The van der Waals surface area contributed by atoms with Crippen LogP contribution in [0.2, 0.25) is 0 Å². The van der Waals surface area contributed by atoms with Gasteiger partial charge in [-0.15, -0.1) is 0 Å². The average molecular weight is 475 g/mol. The summed E-state index contributed by atoms with van der Waals surface area (Å²) in [5.74, 6) is 0.302. The van der Waals surface area contributed by atoms with Crippen molar-refractivity contribution in [2.45, 2.75) is 70.1 Å². The highest BCUT2D eigenvalue weighted by molar-refractivity contribution is 7.91. The van der Waals surface area contributed by atoms with E-state index in [2.05, 4.69) is 33.0 Å². The van der Waals surface area contributed by atoms with Crippen molar-refractivity contribution in [3.63, 3.8) is 0 Å². The molecule has 2 N–H and O–H groups in total. The van der Waals surface area contributed by atoms with E-state index in [0.29, 0.717) is 24.6 Å². The molecule has 0 aromatic heterocycles. The number of carbonyl (C=O) groups is 1. The van der Waals surface area contributed by atoms with Gasteiger partial charge in [0.2, 0.25) is 0 Å². The van der Waals surface area contributed by atoms with E-state index in [-0.39, 0.29) is 44.6 Å². The zero-order valence-electron chi connectivity index (χ0n) is 20.4. The predicted octanol–water partition coefficient (Wildman–Crippen LogP) is 3.73. The molecule has 2 heterocycles. The first-order valence-electron chi connectivity index (χ1n) is 12.5. The monoisotopic (exact) mass is 474 g/mol. The molecule has 2 aliphatic carbocycles. The third-order valence-corrected chi connectivity index (χ3v) is 11.6. The number of carbonyl (C=O) groups excluding carboxylic acids is 1. The SMILES string of the molecule is CC1(C)CCCC2(C)C1CCC1(C)c3c(O)cc(C(=O)N4CCNCC4)cc3S(=O)(=O)CC12. The molecule has 4 unspecified atom stereocenters. The Hall–Kier alpha value is -1.60. The van der Waals surface area contributed by atoms with Gasteiger partial charge in [-0.25, -0.2) is 8.42 Å². The highest BCUT2D eigenvalue weighted by Crippen LogP contribution is 2.67. The molecule has 33 heavy (non-hydrogen) atoms. The standard InChI is InChI=1S/C26H38N2O4S/c1-24(2)7-5-8-25(3)20(24)6-9-26(4)21(25)16-33(31,32)19-15-17(14-18(29)22(19)26)23(30)28-12-10-27-11-13-28/h14-15,20-21,27,29H,5-13,16H2,1-4H3. The van der Waals surface area contributed by atoms with Crippen LogP contribution in [-0.2, 0) is 15.3 Å². The van der Waals surface area contributed by atoms with Crippen molar-refractivity contribution in [3.05, 3.63) is 23.3 Å². The molecule has 0 spiro atoms. The second-order valence-electron chi connectivity index (χ2n) is 12.1. The lowest BCUT2D eigenvalue weighted by Gasteiger charge is -2.63. The number of benzene rings is 1. The Labute approximate surface area is 198 Å². The van der Waals surface area contributed by atoms with Gasteiger partial charge in [0.15, 0.2) is 9.84 Å². The Morgan fingerprint density at radius 1 is 1.06 bits per heavy atom. The first kappa shape index (κ1) is 23.2. The van der Waals surface area contributed by atoms with Crippen molar-refractivity contribution >= 4 is 15.7 Å². The van der Waals surface area contributed by atoms with Gasteiger partial charge in [0.05, 0.1) is 10.6 Å². The van der Waals surface area contributed by atoms with E-state index in [0.717, 1.165) is 38.8 Å². The zero-order chi connectivity index (χ0) is 23.8. The van der Waals surface area contributed by atoms with E-state index in [4.69, 9.17) is 0 Å². The molecular weight excluding hydrogens is 436 g/mol. The summed E-state index contributed by atoms with van der Waals surface area (Å²) in [6.45, 7) is 11.8. The number of amides is 1. The van der Waals surface area contributed by atoms with Crippen molar-refractivity contribution in [2.75, 3.05) is 31.9 Å². The van der Waals surface area contributed by atoms with Crippen molar-refractivity contribution in [1.29, 1.82) is 0 Å². The molecule has 0 radical (unpaired) electrons. The summed E-state index contributed by atoms with van der Waals surface area (Å²) >= 11 is 0. The highest BCUT2D eigenvalue weighted by Gasteiger charge is 2.62. The maximum atomic E-state index is 13.7. The first-order chi connectivity index (χ1) is 15.4. The molecule has 6 nitrogen and oxygen atoms in total. The second-order valence-corrected chi connectivity index (χ2v) is 14.1. The number of nitrogens with one attached hydrogen (secondary N) is 1. The summed E-state index contributed by atoms with van der Waals surface area (Å²) < 4.78 is 27.4. The average Bonchev–Trinajstić information content (AvgIpc) is 2.74. The molecule has 7 heteroatoms. The zero-order valence-corrected chi connectivity index (χ0v) is 21.2. The van der Waals surface area contributed by atoms with Gasteiger partial charge in [0, 0.05) is 42.7 Å². The number of nitrogens with zero attached hydrogens (tertiary/aromatic N) is 1. The van der Waals surface area contributed by atoms with Gasteiger partial charge < -0.3 is 15.3 Å². The van der Waals surface area contributed by atoms with Crippen LogP contribution in [-0.4, -0.2) is 56.3 Å². The minimum atomic E-state index is -3.63. The number of phenols is 1. The van der Waals surface area contributed by atoms with Crippen molar-refractivity contribution in [3.8, 4) is 5.75 Å². The molecule has 1 amide bonds. The van der Waals surface area contributed by atoms with Gasteiger partial charge in [-0.05, 0) is 60.5 Å². The summed E-state index contributed by atoms with van der Waals surface area (Å²) in [4.78, 5) is 15.0. The molecule has 3 fully saturated rings. The number of hydrogen-bond donors (Lipinski definition) is 2. The summed E-state index contributed by atoms with van der Waals surface area (Å²) in [5, 5.41) is 14.5. The Balaban J connectivity index is 1.61. The van der Waals surface area contributed by atoms with Gasteiger partial charge >= 0.3 is 0 Å². The van der Waals surface area contributed by atoms with Crippen LogP contribution in [0.15, 0.2) is 17.0 Å². The van der Waals surface area contributed by atoms with Crippen LogP contribution in [0.25, 0.3) is 0 Å². The topological polar surface area (TPSA) is 86.7 Å². The van der Waals surface area contributed by atoms with Crippen molar-refractivity contribution in [1.82, 2.24) is 10.2 Å². The third-order valence-electron chi connectivity index (χ3n) is 9.82. The molecule has 182 valence electrons. The lowest BCUT2D eigenvalue weighted by molar-refractivity contribution is -0.0984. The number of phenolic OH excluding ortho intramolecular Hbond substituents is 1. The summed E-state index contributed by atoms with van der Waals surface area (Å²) in [5.41, 5.74) is 0.525. The van der Waals surface area contributed by atoms with Gasteiger partial charge in [0.1, 0.15) is 5.75 Å². The summed E-state index contributed by atoms with van der Waals surface area (Å²) in [6.07, 6.45) is 5.23. The third kappa shape index (κ3) is 3.36. The van der Waals surface area contributed by atoms with Crippen LogP contribution in [0.5, 0.6) is 5.75 Å². The second kappa shape index (κ2) is 7.45. The smallest absolute Gasteiger partial charge is 0.254 e. The first-order valence-corrected chi connectivity index (χ1v) is 14.2. The molecule has 2 saturated carbocycles. The van der Waals surface area contributed by atoms with Crippen LogP contribution >= 0.6 is 0 Å². The minimum Gasteiger partial charge on any atom is -0.508 e. The Morgan fingerprint density at radius 2 is 1.76 bits per heavy atom. The maximum absolute atomic E-state index is 13.7. The Bertz CT molecular complexity index is 1090. The van der Waals surface area contributed by atoms with Crippen LogP contribution < -0.4 is 5.32 Å². The minimum absolute atomic E-state index is 0.0288. The van der Waals surface area contributed by atoms with E-state index < -0.39 is 15.3 Å². The normalized spacial score (nSPS) is 36.9. The molecular formula is C26H38N2O4S. The van der Waals surface area contributed by atoms with Gasteiger partial charge in [-0.3, -0.25) is 4.79 Å². The van der Waals surface area contributed by atoms with Crippen molar-refractivity contribution in [2.24, 2.45) is 22.7 Å². The molecule has 4 atom stereocenters. The molecule has 1 aromatic rings. The van der Waals surface area contributed by atoms with Crippen LogP contribution in [0.4, 0.5) is 0 Å². The Morgan fingerprint density at radius 3 is 2.45 bits per heavy atom. The van der Waals surface area contributed by atoms with E-state index in [1.807, 2.05) is 0 Å². The molecule has 5 rings (SSSR count). The highest BCUT2D eigenvalue weighted by atomic mass is 32.2. The van der Waals surface area contributed by atoms with Crippen LogP contribution in [0.1, 0.15) is 75.7 Å². The summed E-state index contributed by atoms with van der Waals surface area (Å²) in [7, 11) is -3.63. The van der Waals surface area contributed by atoms with Crippen LogP contribution in [0.3, 0.4) is 0 Å². The number of fused-ring (bicyclic) bond motifs is 5. The largest absolute Gasteiger partial charge is 0.508 e. The summed E-state index contributed by atoms with van der Waals surface area (Å²) in [6, 6.07) is 3.07. The fraction of sp³-hybridized carbons (Fsp3) is 0.731. The molecule has 2 aliphatic heterocycles. The van der Waals surface area contributed by atoms with Crippen LogP contribution in [0, 0.1) is 22.7 Å². The quantitative estimate of drug-likeness (QED) is 0.648. The van der Waals surface area contributed by atoms with E-state index in [9.17, 15) is 18.3 Å². The van der Waals surface area contributed by atoms with Gasteiger partial charge in [-0.1, -0.05) is 34.1 Å². The fourth-order valence-electron chi connectivity index (χ4n) is 8.23. The van der Waals surface area contributed by atoms with Crippen molar-refractivity contribution < 1.29 is 18.3 Å². The molecule has 1 aromatic carbocycles. The number of piperazine rings is 1. The van der Waals surface area contributed by atoms with Gasteiger partial charge in [0.25, 0.3) is 5.91 Å². The Kier molecular flexibility index (Phi) is 5.23. The number of aromatic hydroxyl groups is 1. The number of hydrogen-bond acceptors (Lipinski definition) is 5. The lowest BCUT2D eigenvalue weighted by atomic mass is 9.43. The fourth-order valence-corrected chi connectivity index (χ4v) is 10.5. The van der Waals surface area contributed by atoms with E-state index in [1.54, 1.807) is 11.0 Å². The number of rotatable bonds is 1. The molecule has 1 saturated heterocycles.